The van der Waals surface area contributed by atoms with E-state index in [1.165, 1.54) is 14.1 Å². The molecule has 0 aromatic rings. The van der Waals surface area contributed by atoms with Gasteiger partial charge in [0.15, 0.2) is 0 Å². The molecule has 86 valence electrons. The molecule has 0 aliphatic heterocycles. The van der Waals surface area contributed by atoms with E-state index in [0.29, 0.717) is 13.1 Å². The van der Waals surface area contributed by atoms with Gasteiger partial charge in [0.1, 0.15) is 0 Å². The van der Waals surface area contributed by atoms with Crippen molar-refractivity contribution in [2.75, 3.05) is 27.2 Å². The second-order valence-corrected chi connectivity index (χ2v) is 6.28. The highest BCUT2D eigenvalue weighted by Crippen LogP contribution is 2.17. The zero-order chi connectivity index (χ0) is 11.4. The van der Waals surface area contributed by atoms with Crippen molar-refractivity contribution in [3.8, 4) is 0 Å². The van der Waals surface area contributed by atoms with E-state index in [9.17, 15) is 8.42 Å². The van der Waals surface area contributed by atoms with E-state index in [0.717, 1.165) is 10.7 Å². The Kier molecular flexibility index (Phi) is 5.00. The summed E-state index contributed by atoms with van der Waals surface area (Å²) in [7, 11) is -0.311. The van der Waals surface area contributed by atoms with Crippen molar-refractivity contribution in [1.82, 2.24) is 9.03 Å². The van der Waals surface area contributed by atoms with Crippen LogP contribution in [0.4, 0.5) is 0 Å². The van der Waals surface area contributed by atoms with Crippen LogP contribution in [0.2, 0.25) is 0 Å². The van der Waals surface area contributed by atoms with Crippen molar-refractivity contribution in [2.24, 2.45) is 11.1 Å². The van der Waals surface area contributed by atoms with Gasteiger partial charge in [-0.1, -0.05) is 13.8 Å². The van der Waals surface area contributed by atoms with Crippen LogP contribution >= 0.6 is 0 Å². The first-order valence-corrected chi connectivity index (χ1v) is 6.02. The van der Waals surface area contributed by atoms with Crippen LogP contribution in [0.15, 0.2) is 0 Å². The van der Waals surface area contributed by atoms with Crippen LogP contribution in [0, 0.1) is 5.41 Å². The summed E-state index contributed by atoms with van der Waals surface area (Å²) in [6, 6.07) is 0. The van der Waals surface area contributed by atoms with E-state index in [1.54, 1.807) is 0 Å². The highest BCUT2D eigenvalue weighted by Gasteiger charge is 2.21. The van der Waals surface area contributed by atoms with Gasteiger partial charge < -0.3 is 5.73 Å². The Morgan fingerprint density at radius 1 is 1.36 bits per heavy atom. The standard InChI is InChI=1S/C8H21N3O2S/c1-8(2,5-6-9)7-10-14(12,13)11(3)4/h10H,5-7,9H2,1-4H3. The molecule has 0 fully saturated rings. The van der Waals surface area contributed by atoms with E-state index < -0.39 is 10.2 Å². The van der Waals surface area contributed by atoms with Crippen LogP contribution in [0.1, 0.15) is 20.3 Å². The van der Waals surface area contributed by atoms with E-state index in [1.807, 2.05) is 13.8 Å². The van der Waals surface area contributed by atoms with Crippen LogP contribution in [0.5, 0.6) is 0 Å². The van der Waals surface area contributed by atoms with Crippen molar-refractivity contribution in [3.63, 3.8) is 0 Å². The fraction of sp³-hybridized carbons (Fsp3) is 1.00. The number of rotatable bonds is 6. The summed E-state index contributed by atoms with van der Waals surface area (Å²) in [5.41, 5.74) is 5.33. The first kappa shape index (κ1) is 13.8. The van der Waals surface area contributed by atoms with E-state index in [2.05, 4.69) is 4.72 Å². The third-order valence-electron chi connectivity index (χ3n) is 2.03. The summed E-state index contributed by atoms with van der Waals surface area (Å²) in [5, 5.41) is 0. The quantitative estimate of drug-likeness (QED) is 0.652. The van der Waals surface area contributed by atoms with Gasteiger partial charge in [0.05, 0.1) is 0 Å². The molecule has 0 unspecified atom stereocenters. The summed E-state index contributed by atoms with van der Waals surface area (Å²) in [6.07, 6.45) is 0.795. The molecule has 0 spiro atoms. The first-order chi connectivity index (χ1) is 6.21. The molecule has 0 saturated heterocycles. The smallest absolute Gasteiger partial charge is 0.278 e. The highest BCUT2D eigenvalue weighted by atomic mass is 32.2. The van der Waals surface area contributed by atoms with Gasteiger partial charge in [0.25, 0.3) is 10.2 Å². The molecule has 0 saturated carbocycles. The molecule has 0 radical (unpaired) electrons. The van der Waals surface area contributed by atoms with Gasteiger partial charge in [-0.3, -0.25) is 0 Å². The lowest BCUT2D eigenvalue weighted by Crippen LogP contribution is -2.41. The number of nitrogens with zero attached hydrogens (tertiary/aromatic N) is 1. The molecular weight excluding hydrogens is 202 g/mol. The monoisotopic (exact) mass is 223 g/mol. The molecule has 0 aliphatic rings. The number of hydrogen-bond donors (Lipinski definition) is 2. The second-order valence-electron chi connectivity index (χ2n) is 4.31. The average molecular weight is 223 g/mol. The predicted molar refractivity (Wildman–Crippen MR) is 58.1 cm³/mol. The molecular formula is C8H21N3O2S. The minimum absolute atomic E-state index is 0.0994. The van der Waals surface area contributed by atoms with Crippen LogP contribution in [-0.4, -0.2) is 39.9 Å². The lowest BCUT2D eigenvalue weighted by molar-refractivity contribution is 0.336. The molecule has 6 heteroatoms. The van der Waals surface area contributed by atoms with Crippen LogP contribution < -0.4 is 10.5 Å². The summed E-state index contributed by atoms with van der Waals surface area (Å²) in [6.45, 7) is 4.94. The highest BCUT2D eigenvalue weighted by molar-refractivity contribution is 7.87. The number of nitrogens with two attached hydrogens (primary N) is 1. The van der Waals surface area contributed by atoms with Crippen LogP contribution in [0.25, 0.3) is 0 Å². The lowest BCUT2D eigenvalue weighted by atomic mass is 9.90. The third kappa shape index (κ3) is 4.90. The Morgan fingerprint density at radius 2 is 1.86 bits per heavy atom. The number of nitrogens with one attached hydrogen (secondary N) is 1. The average Bonchev–Trinajstić information content (AvgIpc) is 2.01. The van der Waals surface area contributed by atoms with Gasteiger partial charge in [-0.05, 0) is 18.4 Å². The lowest BCUT2D eigenvalue weighted by Gasteiger charge is -2.25. The maximum atomic E-state index is 11.4. The van der Waals surface area contributed by atoms with Gasteiger partial charge in [0, 0.05) is 20.6 Å². The fourth-order valence-electron chi connectivity index (χ4n) is 0.895. The third-order valence-corrected chi connectivity index (χ3v) is 3.51. The molecule has 3 N–H and O–H groups in total. The normalized spacial score (nSPS) is 13.6. The molecule has 0 aromatic carbocycles. The second kappa shape index (κ2) is 5.06. The molecule has 14 heavy (non-hydrogen) atoms. The largest absolute Gasteiger partial charge is 0.330 e. The van der Waals surface area contributed by atoms with Gasteiger partial charge in [0.2, 0.25) is 0 Å². The van der Waals surface area contributed by atoms with E-state index >= 15 is 0 Å². The maximum Gasteiger partial charge on any atom is 0.278 e. The fourth-order valence-corrected chi connectivity index (χ4v) is 1.73. The summed E-state index contributed by atoms with van der Waals surface area (Å²) in [4.78, 5) is 0. The zero-order valence-electron chi connectivity index (χ0n) is 9.37. The Bertz CT molecular complexity index is 260. The number of hydrogen-bond acceptors (Lipinski definition) is 3. The van der Waals surface area contributed by atoms with Crippen LogP contribution in [0.3, 0.4) is 0 Å². The molecule has 0 amide bonds. The van der Waals surface area contributed by atoms with Gasteiger partial charge >= 0.3 is 0 Å². The van der Waals surface area contributed by atoms with Gasteiger partial charge in [-0.25, -0.2) is 4.72 Å². The summed E-state index contributed by atoms with van der Waals surface area (Å²) in [5.74, 6) is 0. The minimum atomic E-state index is -3.31. The molecule has 5 nitrogen and oxygen atoms in total. The van der Waals surface area contributed by atoms with E-state index in [-0.39, 0.29) is 5.41 Å². The van der Waals surface area contributed by atoms with Crippen molar-refractivity contribution in [1.29, 1.82) is 0 Å². The zero-order valence-corrected chi connectivity index (χ0v) is 10.2. The molecule has 0 aliphatic carbocycles. The summed E-state index contributed by atoms with van der Waals surface area (Å²) >= 11 is 0. The molecule has 0 rings (SSSR count). The molecule has 0 bridgehead atoms. The van der Waals surface area contributed by atoms with Crippen molar-refractivity contribution < 1.29 is 8.42 Å². The first-order valence-electron chi connectivity index (χ1n) is 4.58. The predicted octanol–water partition coefficient (Wildman–Crippen LogP) is -0.243. The summed E-state index contributed by atoms with van der Waals surface area (Å²) < 4.78 is 26.4. The van der Waals surface area contributed by atoms with E-state index in [4.69, 9.17) is 5.73 Å². The van der Waals surface area contributed by atoms with Gasteiger partial charge in [-0.2, -0.15) is 12.7 Å². The molecule has 0 heterocycles. The maximum absolute atomic E-state index is 11.4. The van der Waals surface area contributed by atoms with Crippen molar-refractivity contribution in [2.45, 2.75) is 20.3 Å². The Balaban J connectivity index is 4.19. The topological polar surface area (TPSA) is 75.4 Å². The SMILES string of the molecule is CN(C)S(=O)(=O)NCC(C)(C)CCN. The van der Waals surface area contributed by atoms with Gasteiger partial charge in [-0.15, -0.1) is 0 Å². The van der Waals surface area contributed by atoms with Crippen molar-refractivity contribution in [3.05, 3.63) is 0 Å². The van der Waals surface area contributed by atoms with Crippen LogP contribution in [-0.2, 0) is 10.2 Å². The Labute approximate surface area is 86.8 Å². The van der Waals surface area contributed by atoms with Crippen molar-refractivity contribution >= 4 is 10.2 Å². The Hall–Kier alpha value is -0.170. The molecule has 0 atom stereocenters. The minimum Gasteiger partial charge on any atom is -0.330 e. The Morgan fingerprint density at radius 3 is 2.21 bits per heavy atom. The molecule has 0 aromatic heterocycles.